The summed E-state index contributed by atoms with van der Waals surface area (Å²) in [5.41, 5.74) is -2.72. The van der Waals surface area contributed by atoms with Gasteiger partial charge in [0.1, 0.15) is 17.0 Å². The van der Waals surface area contributed by atoms with Crippen LogP contribution >= 0.6 is 0 Å². The minimum absolute atomic E-state index is 0.0238. The van der Waals surface area contributed by atoms with Crippen LogP contribution in [0.25, 0.3) is 11.2 Å². The Kier molecular flexibility index (Phi) is 9.16. The predicted octanol–water partition coefficient (Wildman–Crippen LogP) is 5.20. The number of aliphatic hydroxyl groups is 1. The Morgan fingerprint density at radius 2 is 1.74 bits per heavy atom. The van der Waals surface area contributed by atoms with E-state index in [4.69, 9.17) is 4.74 Å². The second-order valence-electron chi connectivity index (χ2n) is 11.5. The molecule has 2 aliphatic carbocycles. The van der Waals surface area contributed by atoms with Crippen molar-refractivity contribution in [3.8, 4) is 5.88 Å². The Balaban J connectivity index is 1.38. The number of nitrogens with one attached hydrogen (secondary N) is 3. The first-order chi connectivity index (χ1) is 21.5. The van der Waals surface area contributed by atoms with Crippen LogP contribution in [0.5, 0.6) is 5.88 Å². The molecular weight excluding hydrogens is 634 g/mol. The number of benzene rings is 1. The molecule has 4 N–H and O–H groups in total. The molecule has 0 spiro atoms. The number of carbonyl (C=O) groups is 2. The second kappa shape index (κ2) is 12.6. The lowest BCUT2D eigenvalue weighted by Gasteiger charge is -2.30. The summed E-state index contributed by atoms with van der Waals surface area (Å²) in [6.45, 7) is -1.28. The highest BCUT2D eigenvalue weighted by Gasteiger charge is 2.48. The van der Waals surface area contributed by atoms with Gasteiger partial charge >= 0.3 is 12.4 Å². The van der Waals surface area contributed by atoms with Gasteiger partial charge in [-0.15, -0.1) is 0 Å². The SMILES string of the molecule is O=C(NC1CCC(C(F)(F)F)CC1)c1cc2[nH]c(Cc3cc(CNC(=O)C4(O)CC4)ccc3C(F)(F)F)nc2nc1OCC(F)F. The number of fused-ring (bicyclic) bond motifs is 1. The number of aromatic nitrogens is 3. The van der Waals surface area contributed by atoms with E-state index in [9.17, 15) is 49.8 Å². The van der Waals surface area contributed by atoms with E-state index in [1.54, 1.807) is 0 Å². The van der Waals surface area contributed by atoms with E-state index in [1.165, 1.54) is 18.2 Å². The Hall–Kier alpha value is -4.02. The van der Waals surface area contributed by atoms with E-state index >= 15 is 0 Å². The number of rotatable bonds is 10. The molecule has 9 nitrogen and oxygen atoms in total. The fourth-order valence-corrected chi connectivity index (χ4v) is 5.35. The summed E-state index contributed by atoms with van der Waals surface area (Å²) < 4.78 is 112. The van der Waals surface area contributed by atoms with Gasteiger partial charge in [0.25, 0.3) is 18.2 Å². The number of hydrogen-bond acceptors (Lipinski definition) is 6. The molecule has 0 bridgehead atoms. The number of halogens is 8. The maximum absolute atomic E-state index is 13.9. The number of hydrogen-bond donors (Lipinski definition) is 4. The highest BCUT2D eigenvalue weighted by atomic mass is 19.4. The molecule has 46 heavy (non-hydrogen) atoms. The van der Waals surface area contributed by atoms with Gasteiger partial charge in [0.2, 0.25) is 5.88 Å². The standard InChI is InChI=1S/C29H29F8N5O4/c30-21(31)13-46-25-18(24(43)39-17-4-2-16(3-5-17)28(32,33)34)11-20-23(42-25)41-22(40-20)10-15-9-14(1-6-19(15)29(35,36)37)12-38-26(44)27(45)7-8-27/h1,6,9,11,16-17,21,45H,2-5,7-8,10,12-13H2,(H,38,44)(H,39,43)(H,40,41,42). The number of amides is 2. The van der Waals surface area contributed by atoms with Crippen molar-refractivity contribution in [2.24, 2.45) is 5.92 Å². The number of imidazole rings is 1. The van der Waals surface area contributed by atoms with Gasteiger partial charge in [-0.25, -0.2) is 13.8 Å². The number of ether oxygens (including phenoxy) is 1. The van der Waals surface area contributed by atoms with Crippen molar-refractivity contribution in [2.45, 2.75) is 81.9 Å². The van der Waals surface area contributed by atoms with E-state index in [1.807, 2.05) is 0 Å². The molecule has 0 atom stereocenters. The van der Waals surface area contributed by atoms with Crippen molar-refractivity contribution in [2.75, 3.05) is 6.61 Å². The Morgan fingerprint density at radius 3 is 2.35 bits per heavy atom. The molecule has 5 rings (SSSR count). The maximum Gasteiger partial charge on any atom is 0.416 e. The molecule has 2 amide bonds. The van der Waals surface area contributed by atoms with Crippen LogP contribution in [0.4, 0.5) is 35.1 Å². The Morgan fingerprint density at radius 1 is 1.04 bits per heavy atom. The summed E-state index contributed by atoms with van der Waals surface area (Å²) in [6.07, 6.45) is -12.2. The van der Waals surface area contributed by atoms with E-state index in [2.05, 4.69) is 25.6 Å². The third-order valence-corrected chi connectivity index (χ3v) is 8.04. The predicted molar refractivity (Wildman–Crippen MR) is 145 cm³/mol. The van der Waals surface area contributed by atoms with E-state index < -0.39 is 72.6 Å². The summed E-state index contributed by atoms with van der Waals surface area (Å²) in [7, 11) is 0. The normalized spacial score (nSPS) is 19.7. The van der Waals surface area contributed by atoms with Crippen LogP contribution in [0.15, 0.2) is 24.3 Å². The van der Waals surface area contributed by atoms with Crippen LogP contribution in [-0.2, 0) is 23.9 Å². The van der Waals surface area contributed by atoms with Crippen LogP contribution in [0.1, 0.15) is 71.4 Å². The zero-order chi connectivity index (χ0) is 33.4. The fourth-order valence-electron chi connectivity index (χ4n) is 5.35. The van der Waals surface area contributed by atoms with Crippen LogP contribution in [0, 0.1) is 5.92 Å². The molecule has 17 heteroatoms. The largest absolute Gasteiger partial charge is 0.471 e. The minimum Gasteiger partial charge on any atom is -0.471 e. The van der Waals surface area contributed by atoms with E-state index in [0.717, 1.165) is 6.07 Å². The summed E-state index contributed by atoms with van der Waals surface area (Å²) >= 11 is 0. The molecular formula is C29H29F8N5O4. The quantitative estimate of drug-likeness (QED) is 0.221. The molecule has 3 aromatic rings. The molecule has 1 aromatic carbocycles. The van der Waals surface area contributed by atoms with Gasteiger partial charge in [-0.2, -0.15) is 31.3 Å². The third kappa shape index (κ3) is 7.85. The van der Waals surface area contributed by atoms with Crippen LogP contribution < -0.4 is 15.4 Å². The van der Waals surface area contributed by atoms with Crippen molar-refractivity contribution in [1.29, 1.82) is 0 Å². The summed E-state index contributed by atoms with van der Waals surface area (Å²) in [4.78, 5) is 36.2. The van der Waals surface area contributed by atoms with Crippen LogP contribution in [-0.4, -0.2) is 62.7 Å². The van der Waals surface area contributed by atoms with Crippen molar-refractivity contribution in [3.05, 3.63) is 52.3 Å². The number of aromatic amines is 1. The van der Waals surface area contributed by atoms with Gasteiger partial charge < -0.3 is 25.5 Å². The first-order valence-corrected chi connectivity index (χ1v) is 14.4. The van der Waals surface area contributed by atoms with Crippen LogP contribution in [0.3, 0.4) is 0 Å². The average molecular weight is 664 g/mol. The summed E-state index contributed by atoms with van der Waals surface area (Å²) in [6, 6.07) is 3.83. The highest BCUT2D eigenvalue weighted by Crippen LogP contribution is 2.38. The summed E-state index contributed by atoms with van der Waals surface area (Å²) in [5.74, 6) is -3.51. The first kappa shape index (κ1) is 33.3. The smallest absolute Gasteiger partial charge is 0.416 e. The second-order valence-corrected chi connectivity index (χ2v) is 11.5. The van der Waals surface area contributed by atoms with Gasteiger partial charge in [0.05, 0.1) is 17.0 Å². The monoisotopic (exact) mass is 663 g/mol. The molecule has 0 saturated heterocycles. The molecule has 0 radical (unpaired) electrons. The highest BCUT2D eigenvalue weighted by molar-refractivity contribution is 5.99. The Bertz CT molecular complexity index is 1590. The van der Waals surface area contributed by atoms with Gasteiger partial charge in [0, 0.05) is 19.0 Å². The van der Waals surface area contributed by atoms with E-state index in [0.29, 0.717) is 18.4 Å². The lowest BCUT2D eigenvalue weighted by molar-refractivity contribution is -0.182. The van der Waals surface area contributed by atoms with Crippen molar-refractivity contribution in [1.82, 2.24) is 25.6 Å². The molecule has 250 valence electrons. The number of nitrogens with zero attached hydrogens (tertiary/aromatic N) is 2. The van der Waals surface area contributed by atoms with Crippen LogP contribution in [0.2, 0.25) is 0 Å². The third-order valence-electron chi connectivity index (χ3n) is 8.04. The molecule has 0 aliphatic heterocycles. The van der Waals surface area contributed by atoms with Crippen molar-refractivity contribution >= 4 is 23.0 Å². The zero-order valence-electron chi connectivity index (χ0n) is 24.0. The van der Waals surface area contributed by atoms with Gasteiger partial charge in [-0.1, -0.05) is 12.1 Å². The molecule has 2 heterocycles. The Labute approximate surface area is 256 Å². The van der Waals surface area contributed by atoms with Crippen molar-refractivity contribution in [3.63, 3.8) is 0 Å². The van der Waals surface area contributed by atoms with Crippen molar-refractivity contribution < 1.29 is 54.6 Å². The lowest BCUT2D eigenvalue weighted by Crippen LogP contribution is -2.40. The zero-order valence-corrected chi connectivity index (χ0v) is 24.0. The number of pyridine rings is 1. The maximum atomic E-state index is 13.9. The molecule has 0 unspecified atom stereocenters. The lowest BCUT2D eigenvalue weighted by atomic mass is 9.85. The number of carbonyl (C=O) groups excluding carboxylic acids is 2. The van der Waals surface area contributed by atoms with Gasteiger partial charge in [0.15, 0.2) is 12.3 Å². The number of H-pyrrole nitrogens is 1. The van der Waals surface area contributed by atoms with E-state index in [-0.39, 0.29) is 60.3 Å². The average Bonchev–Trinajstić information content (AvgIpc) is 3.61. The fraction of sp³-hybridized carbons (Fsp3) is 0.517. The molecule has 2 fully saturated rings. The molecule has 2 aromatic heterocycles. The topological polar surface area (TPSA) is 129 Å². The first-order valence-electron chi connectivity index (χ1n) is 14.4. The van der Waals surface area contributed by atoms with Gasteiger partial charge in [-0.05, 0) is 61.8 Å². The molecule has 2 aliphatic rings. The number of alkyl halides is 8. The minimum atomic E-state index is -4.74. The molecule has 2 saturated carbocycles. The summed E-state index contributed by atoms with van der Waals surface area (Å²) in [5, 5.41) is 15.0. The van der Waals surface area contributed by atoms with Gasteiger partial charge in [-0.3, -0.25) is 9.59 Å².